The lowest BCUT2D eigenvalue weighted by molar-refractivity contribution is -0.138. The highest BCUT2D eigenvalue weighted by molar-refractivity contribution is 6.01. The van der Waals surface area contributed by atoms with E-state index in [9.17, 15) is 33.9 Å². The number of hydrogen-bond donors (Lipinski definition) is 5. The van der Waals surface area contributed by atoms with Crippen LogP contribution in [0.2, 0.25) is 0 Å². The number of rotatable bonds is 18. The van der Waals surface area contributed by atoms with Crippen LogP contribution in [0.4, 0.5) is 21.0 Å². The first-order valence-corrected chi connectivity index (χ1v) is 23.8. The Morgan fingerprint density at radius 2 is 1.09 bits per heavy atom. The number of benzene rings is 4. The zero-order valence-corrected chi connectivity index (χ0v) is 40.0. The van der Waals surface area contributed by atoms with E-state index in [-0.39, 0.29) is 31.3 Å². The molecule has 16 heteroatoms. The minimum atomic E-state index is -1.15. The van der Waals surface area contributed by atoms with Crippen molar-refractivity contribution in [2.75, 3.05) is 51.7 Å². The fourth-order valence-electron chi connectivity index (χ4n) is 10.4. The Balaban J connectivity index is 1.16. The second-order valence-electron chi connectivity index (χ2n) is 18.2. The van der Waals surface area contributed by atoms with Gasteiger partial charge in [0.05, 0.1) is 26.9 Å². The van der Waals surface area contributed by atoms with Gasteiger partial charge < -0.3 is 50.4 Å². The maximum absolute atomic E-state index is 14.5. The Kier molecular flexibility index (Phi) is 16.4. The summed E-state index contributed by atoms with van der Waals surface area (Å²) in [6, 6.07) is 25.2. The molecule has 16 nitrogen and oxygen atoms in total. The molecule has 7 rings (SSSR count). The molecule has 5 N–H and O–H groups in total. The van der Waals surface area contributed by atoms with Gasteiger partial charge in [-0.3, -0.25) is 19.2 Å². The van der Waals surface area contributed by atoms with Crippen molar-refractivity contribution in [3.8, 4) is 11.1 Å². The van der Waals surface area contributed by atoms with Gasteiger partial charge in [-0.2, -0.15) is 0 Å². The van der Waals surface area contributed by atoms with Crippen LogP contribution < -0.4 is 21.3 Å². The van der Waals surface area contributed by atoms with Crippen LogP contribution in [-0.4, -0.2) is 110 Å². The summed E-state index contributed by atoms with van der Waals surface area (Å²) in [5.74, 6) is -1.95. The first-order valence-electron chi connectivity index (χ1n) is 23.8. The molecule has 69 heavy (non-hydrogen) atoms. The monoisotopic (exact) mass is 944 g/mol. The molecule has 0 spiro atoms. The number of β-amino-alcohol motifs (C(OH)–C–C–N with tert-alkyl or cyclic N) is 1. The molecule has 366 valence electrons. The highest BCUT2D eigenvalue weighted by atomic mass is 16.5. The van der Waals surface area contributed by atoms with Crippen molar-refractivity contribution in [1.29, 1.82) is 0 Å². The molecule has 3 aliphatic rings. The summed E-state index contributed by atoms with van der Waals surface area (Å²) in [5.41, 5.74) is 5.82. The molecule has 4 aromatic carbocycles. The molecule has 6 amide bonds. The number of unbranched alkanes of at least 4 members (excludes halogenated alkanes) is 2. The number of ether oxygens (including phenoxy) is 3. The third-order valence-electron chi connectivity index (χ3n) is 13.7. The molecule has 2 aliphatic heterocycles. The number of aliphatic hydroxyl groups is 1. The Hall–Kier alpha value is -6.78. The van der Waals surface area contributed by atoms with E-state index in [0.29, 0.717) is 35.5 Å². The first kappa shape index (κ1) is 50.1. The molecule has 2 heterocycles. The molecule has 2 saturated heterocycles. The fourth-order valence-corrected chi connectivity index (χ4v) is 10.4. The minimum absolute atomic E-state index is 0.0108. The van der Waals surface area contributed by atoms with Crippen LogP contribution in [0.5, 0.6) is 0 Å². The second-order valence-corrected chi connectivity index (χ2v) is 18.2. The second kappa shape index (κ2) is 22.6. The van der Waals surface area contributed by atoms with E-state index >= 15 is 0 Å². The van der Waals surface area contributed by atoms with Crippen molar-refractivity contribution in [3.05, 3.63) is 119 Å². The lowest BCUT2D eigenvalue weighted by atomic mass is 9.70. The smallest absolute Gasteiger partial charge is 0.407 e. The molecule has 4 aromatic rings. The summed E-state index contributed by atoms with van der Waals surface area (Å²) in [5, 5.41) is 22.3. The number of methoxy groups -OCH3 is 3. The Morgan fingerprint density at radius 3 is 1.52 bits per heavy atom. The van der Waals surface area contributed by atoms with Gasteiger partial charge in [-0.1, -0.05) is 112 Å². The van der Waals surface area contributed by atoms with Crippen LogP contribution in [0.15, 0.2) is 97.1 Å². The molecular formula is C53H64N6O10. The van der Waals surface area contributed by atoms with E-state index < -0.39 is 65.6 Å². The number of anilines is 2. The number of aliphatic hydroxyl groups excluding tert-OH is 1. The molecule has 6 atom stereocenters. The summed E-state index contributed by atoms with van der Waals surface area (Å²) >= 11 is 0. The highest BCUT2D eigenvalue weighted by Gasteiger charge is 2.46. The van der Waals surface area contributed by atoms with E-state index in [1.807, 2.05) is 42.5 Å². The van der Waals surface area contributed by atoms with Gasteiger partial charge in [0.2, 0.25) is 11.8 Å². The number of nitrogens with zero attached hydrogens (tertiary/aromatic N) is 2. The molecule has 2 fully saturated rings. The van der Waals surface area contributed by atoms with E-state index in [4.69, 9.17) is 14.2 Å². The van der Waals surface area contributed by atoms with Crippen LogP contribution in [0.1, 0.15) is 99.6 Å². The Morgan fingerprint density at radius 1 is 0.638 bits per heavy atom. The lowest BCUT2D eigenvalue weighted by Crippen LogP contribution is -2.48. The first-order chi connectivity index (χ1) is 33.4. The van der Waals surface area contributed by atoms with E-state index in [0.717, 1.165) is 60.8 Å². The van der Waals surface area contributed by atoms with Gasteiger partial charge >= 0.3 is 12.2 Å². The third-order valence-corrected chi connectivity index (χ3v) is 13.7. The molecule has 0 bridgehead atoms. The van der Waals surface area contributed by atoms with E-state index in [2.05, 4.69) is 35.1 Å². The minimum Gasteiger partial charge on any atom is -0.453 e. The van der Waals surface area contributed by atoms with Crippen LogP contribution in [-0.2, 0) is 38.8 Å². The largest absolute Gasteiger partial charge is 0.453 e. The highest BCUT2D eigenvalue weighted by Crippen LogP contribution is 2.55. The van der Waals surface area contributed by atoms with Gasteiger partial charge in [0, 0.05) is 49.3 Å². The average molecular weight is 945 g/mol. The molecule has 1 unspecified atom stereocenters. The summed E-state index contributed by atoms with van der Waals surface area (Å²) < 4.78 is 15.2. The Labute approximate surface area is 403 Å². The van der Waals surface area contributed by atoms with Crippen molar-refractivity contribution in [2.45, 2.75) is 101 Å². The van der Waals surface area contributed by atoms with Crippen molar-refractivity contribution in [3.63, 3.8) is 0 Å². The number of likely N-dealkylation sites (tertiary alicyclic amines) is 2. The number of amides is 6. The predicted molar refractivity (Wildman–Crippen MR) is 260 cm³/mol. The quantitative estimate of drug-likeness (QED) is 0.0677. The number of fused-ring (bicyclic) bond motifs is 3. The van der Waals surface area contributed by atoms with Crippen molar-refractivity contribution in [1.82, 2.24) is 20.4 Å². The van der Waals surface area contributed by atoms with Gasteiger partial charge in [0.1, 0.15) is 24.2 Å². The van der Waals surface area contributed by atoms with Crippen LogP contribution in [0.25, 0.3) is 11.1 Å². The SMILES string of the molecule is CCCCC1(CCCC)c2cc(NC(=O)[C@@H]3C[C@H](COC)CN3C(=O)C(NC(=O)OC)c3ccccc3)ccc2-c2ccc(NC(=O)[C@@H]3C[C@@H](O)CN3C(=O)[C@H](NC(=O)OC)c3ccccc3)cc21. The van der Waals surface area contributed by atoms with Crippen LogP contribution in [0.3, 0.4) is 0 Å². The molecule has 0 radical (unpaired) electrons. The van der Waals surface area contributed by atoms with Gasteiger partial charge in [-0.25, -0.2) is 9.59 Å². The van der Waals surface area contributed by atoms with Crippen molar-refractivity contribution < 1.29 is 48.1 Å². The van der Waals surface area contributed by atoms with Crippen molar-refractivity contribution >= 4 is 47.2 Å². The van der Waals surface area contributed by atoms with Gasteiger partial charge in [0.15, 0.2) is 0 Å². The van der Waals surface area contributed by atoms with Crippen LogP contribution in [0, 0.1) is 5.92 Å². The van der Waals surface area contributed by atoms with Crippen LogP contribution >= 0.6 is 0 Å². The molecular weight excluding hydrogens is 881 g/mol. The summed E-state index contributed by atoms with van der Waals surface area (Å²) in [6.45, 7) is 4.80. The molecule has 0 aromatic heterocycles. The Bertz CT molecular complexity index is 2480. The van der Waals surface area contributed by atoms with E-state index in [1.54, 1.807) is 61.7 Å². The van der Waals surface area contributed by atoms with Crippen molar-refractivity contribution in [2.24, 2.45) is 5.92 Å². The summed E-state index contributed by atoms with van der Waals surface area (Å²) in [4.78, 5) is 85.0. The number of carbonyl (C=O) groups excluding carboxylic acids is 6. The average Bonchev–Trinajstić information content (AvgIpc) is 4.06. The van der Waals surface area contributed by atoms with Gasteiger partial charge in [0.25, 0.3) is 11.8 Å². The maximum atomic E-state index is 14.5. The summed E-state index contributed by atoms with van der Waals surface area (Å²) in [7, 11) is 4.02. The lowest BCUT2D eigenvalue weighted by Gasteiger charge is -2.33. The summed E-state index contributed by atoms with van der Waals surface area (Å²) in [6.07, 6.45) is 3.15. The fraction of sp³-hybridized carbons (Fsp3) is 0.434. The topological polar surface area (TPSA) is 205 Å². The molecule has 1 aliphatic carbocycles. The zero-order valence-electron chi connectivity index (χ0n) is 40.0. The number of carbonyl (C=O) groups is 6. The normalized spacial score (nSPS) is 19.7. The predicted octanol–water partition coefficient (Wildman–Crippen LogP) is 7.23. The zero-order chi connectivity index (χ0) is 49.2. The number of hydrogen-bond acceptors (Lipinski definition) is 10. The third kappa shape index (κ3) is 10.9. The number of nitrogens with one attached hydrogen (secondary N) is 4. The van der Waals surface area contributed by atoms with E-state index in [1.165, 1.54) is 24.0 Å². The maximum Gasteiger partial charge on any atom is 0.407 e. The van der Waals surface area contributed by atoms with Gasteiger partial charge in [-0.15, -0.1) is 0 Å². The van der Waals surface area contributed by atoms with Gasteiger partial charge in [-0.05, 0) is 76.9 Å². The molecule has 0 saturated carbocycles. The number of alkyl carbamates (subject to hydrolysis) is 2. The standard InChI is InChI=1S/C53H64N6O10/c1-6-8-24-53(25-9-7-2)41-27-36(54-47(61)43-26-33(32-67-3)30-58(43)49(63)45(56-51(65)68-4)34-16-12-10-13-17-34)20-22-39(41)40-23-21-37(28-42(40)53)55-48(62)44-29-38(60)31-59(44)50(64)46(57-52(66)69-5)35-18-14-11-15-19-35/h10-23,27-28,33,38,43-46,60H,6-9,24-26,29-32H2,1-5H3,(H,54,61)(H,55,62)(H,56,65)(H,57,66)/t33-,38+,43-,44-,45?,46+/m0/s1.